The molecule has 0 aromatic heterocycles. The van der Waals surface area contributed by atoms with Crippen LogP contribution in [0.5, 0.6) is 5.75 Å². The average molecular weight is 152 g/mol. The zero-order valence-corrected chi connectivity index (χ0v) is 7.68. The van der Waals surface area contributed by atoms with Crippen molar-refractivity contribution in [1.29, 1.82) is 0 Å². The van der Waals surface area contributed by atoms with Crippen LogP contribution < -0.4 is 0 Å². The molecule has 0 atom stereocenters. The maximum Gasteiger partial charge on any atom is 0.115 e. The summed E-state index contributed by atoms with van der Waals surface area (Å²) in [6, 6.07) is 5.36. The second kappa shape index (κ2) is 4.78. The van der Waals surface area contributed by atoms with Gasteiger partial charge in [-0.15, -0.1) is 0 Å². The number of benzene rings is 1. The highest BCUT2D eigenvalue weighted by molar-refractivity contribution is 5.32. The van der Waals surface area contributed by atoms with Crippen molar-refractivity contribution in [2.45, 2.75) is 27.7 Å². The van der Waals surface area contributed by atoms with Crippen molar-refractivity contribution in [2.24, 2.45) is 0 Å². The lowest BCUT2D eigenvalue weighted by atomic mass is 10.1. The second-order valence-corrected chi connectivity index (χ2v) is 2.27. The van der Waals surface area contributed by atoms with Crippen LogP contribution >= 0.6 is 0 Å². The van der Waals surface area contributed by atoms with Crippen molar-refractivity contribution in [1.82, 2.24) is 0 Å². The van der Waals surface area contributed by atoms with Crippen molar-refractivity contribution < 1.29 is 5.11 Å². The van der Waals surface area contributed by atoms with E-state index in [1.165, 1.54) is 5.56 Å². The van der Waals surface area contributed by atoms with E-state index in [9.17, 15) is 0 Å². The van der Waals surface area contributed by atoms with E-state index in [1.54, 1.807) is 12.1 Å². The van der Waals surface area contributed by atoms with Crippen LogP contribution in [-0.4, -0.2) is 5.11 Å². The number of aryl methyl sites for hydroxylation is 2. The molecule has 1 N–H and O–H groups in total. The summed E-state index contributed by atoms with van der Waals surface area (Å²) in [4.78, 5) is 0. The molecule has 0 bridgehead atoms. The summed E-state index contributed by atoms with van der Waals surface area (Å²) >= 11 is 0. The van der Waals surface area contributed by atoms with Gasteiger partial charge in [0.1, 0.15) is 5.75 Å². The predicted octanol–water partition coefficient (Wildman–Crippen LogP) is 3.04. The SMILES string of the molecule is CC.Cc1ccc(O)cc1C. The molecule has 1 aromatic carbocycles. The maximum absolute atomic E-state index is 8.94. The first-order valence-corrected chi connectivity index (χ1v) is 3.96. The normalized spacial score (nSPS) is 8.36. The van der Waals surface area contributed by atoms with Crippen LogP contribution in [0.4, 0.5) is 0 Å². The van der Waals surface area contributed by atoms with Crippen LogP contribution in [0.15, 0.2) is 18.2 Å². The molecule has 0 spiro atoms. The van der Waals surface area contributed by atoms with Gasteiger partial charge in [-0.1, -0.05) is 19.9 Å². The number of phenols is 1. The van der Waals surface area contributed by atoms with Gasteiger partial charge in [0.25, 0.3) is 0 Å². The third-order valence-electron chi connectivity index (χ3n) is 1.49. The van der Waals surface area contributed by atoms with Gasteiger partial charge < -0.3 is 5.11 Å². The lowest BCUT2D eigenvalue weighted by Gasteiger charge is -1.97. The van der Waals surface area contributed by atoms with Crippen molar-refractivity contribution in [3.8, 4) is 5.75 Å². The fourth-order valence-electron chi connectivity index (χ4n) is 0.726. The van der Waals surface area contributed by atoms with Gasteiger partial charge in [-0.2, -0.15) is 0 Å². The molecule has 0 heterocycles. The van der Waals surface area contributed by atoms with Gasteiger partial charge in [-0.05, 0) is 37.1 Å². The van der Waals surface area contributed by atoms with Crippen molar-refractivity contribution in [3.05, 3.63) is 29.3 Å². The molecule has 1 heteroatoms. The third-order valence-corrected chi connectivity index (χ3v) is 1.49. The fraction of sp³-hybridized carbons (Fsp3) is 0.400. The van der Waals surface area contributed by atoms with Gasteiger partial charge in [-0.3, -0.25) is 0 Å². The van der Waals surface area contributed by atoms with E-state index in [-0.39, 0.29) is 0 Å². The number of hydrogen-bond acceptors (Lipinski definition) is 1. The largest absolute Gasteiger partial charge is 0.508 e. The second-order valence-electron chi connectivity index (χ2n) is 2.27. The standard InChI is InChI=1S/C8H10O.C2H6/c1-6-3-4-8(9)5-7(6)2;1-2/h3-5,9H,1-2H3;1-2H3. The minimum Gasteiger partial charge on any atom is -0.508 e. The van der Waals surface area contributed by atoms with Crippen molar-refractivity contribution in [3.63, 3.8) is 0 Å². The number of phenolic OH excluding ortho intramolecular Hbond substituents is 1. The van der Waals surface area contributed by atoms with E-state index >= 15 is 0 Å². The summed E-state index contributed by atoms with van der Waals surface area (Å²) in [5.74, 6) is 0.345. The highest BCUT2D eigenvalue weighted by Gasteiger charge is 1.90. The van der Waals surface area contributed by atoms with Crippen LogP contribution in [-0.2, 0) is 0 Å². The Balaban J connectivity index is 0.000000461. The van der Waals surface area contributed by atoms with Crippen LogP contribution in [0, 0.1) is 13.8 Å². The first-order chi connectivity index (χ1) is 5.20. The fourth-order valence-corrected chi connectivity index (χ4v) is 0.726. The third kappa shape index (κ3) is 3.08. The highest BCUT2D eigenvalue weighted by atomic mass is 16.3. The van der Waals surface area contributed by atoms with E-state index in [0.29, 0.717) is 5.75 Å². The topological polar surface area (TPSA) is 20.2 Å². The molecule has 0 aliphatic carbocycles. The van der Waals surface area contributed by atoms with E-state index in [2.05, 4.69) is 0 Å². The van der Waals surface area contributed by atoms with Gasteiger partial charge in [-0.25, -0.2) is 0 Å². The average Bonchev–Trinajstić information content (AvgIpc) is 2.02. The number of aromatic hydroxyl groups is 1. The van der Waals surface area contributed by atoms with E-state index < -0.39 is 0 Å². The Morgan fingerprint density at radius 3 is 1.91 bits per heavy atom. The summed E-state index contributed by atoms with van der Waals surface area (Å²) < 4.78 is 0. The molecule has 62 valence electrons. The summed E-state index contributed by atoms with van der Waals surface area (Å²) in [5.41, 5.74) is 2.35. The smallest absolute Gasteiger partial charge is 0.115 e. The molecule has 0 radical (unpaired) electrons. The van der Waals surface area contributed by atoms with Gasteiger partial charge >= 0.3 is 0 Å². The summed E-state index contributed by atoms with van der Waals surface area (Å²) in [5, 5.41) is 8.94. The quantitative estimate of drug-likeness (QED) is 0.605. The zero-order valence-electron chi connectivity index (χ0n) is 7.68. The molecule has 0 saturated heterocycles. The molecule has 0 aliphatic heterocycles. The lowest BCUT2D eigenvalue weighted by Crippen LogP contribution is -1.76. The Hall–Kier alpha value is -0.980. The number of rotatable bonds is 0. The maximum atomic E-state index is 8.94. The highest BCUT2D eigenvalue weighted by Crippen LogP contribution is 2.13. The van der Waals surface area contributed by atoms with Gasteiger partial charge in [0.05, 0.1) is 0 Å². The molecule has 1 rings (SSSR count). The Morgan fingerprint density at radius 1 is 1.00 bits per heavy atom. The summed E-state index contributed by atoms with van der Waals surface area (Å²) in [7, 11) is 0. The first kappa shape index (κ1) is 10.0. The molecule has 1 aromatic rings. The van der Waals surface area contributed by atoms with Crippen LogP contribution in [0.2, 0.25) is 0 Å². The van der Waals surface area contributed by atoms with E-state index in [0.717, 1.165) is 5.56 Å². The van der Waals surface area contributed by atoms with Crippen molar-refractivity contribution in [2.75, 3.05) is 0 Å². The molecule has 0 amide bonds. The summed E-state index contributed by atoms with van der Waals surface area (Å²) in [6.07, 6.45) is 0. The first-order valence-electron chi connectivity index (χ1n) is 3.96. The van der Waals surface area contributed by atoms with E-state index in [1.807, 2.05) is 33.8 Å². The number of hydrogen-bond donors (Lipinski definition) is 1. The Bertz CT molecular complexity index is 216. The molecule has 1 nitrogen and oxygen atoms in total. The molecular weight excluding hydrogens is 136 g/mol. The predicted molar refractivity (Wildman–Crippen MR) is 48.9 cm³/mol. The Morgan fingerprint density at radius 2 is 1.55 bits per heavy atom. The van der Waals surface area contributed by atoms with Gasteiger partial charge in [0, 0.05) is 0 Å². The minimum atomic E-state index is 0.345. The summed E-state index contributed by atoms with van der Waals surface area (Å²) in [6.45, 7) is 8.00. The van der Waals surface area contributed by atoms with Crippen molar-refractivity contribution >= 4 is 0 Å². The molecule has 11 heavy (non-hydrogen) atoms. The van der Waals surface area contributed by atoms with Gasteiger partial charge in [0.15, 0.2) is 0 Å². The van der Waals surface area contributed by atoms with Crippen LogP contribution in [0.25, 0.3) is 0 Å². The Labute approximate surface area is 68.7 Å². The van der Waals surface area contributed by atoms with Crippen LogP contribution in [0.1, 0.15) is 25.0 Å². The van der Waals surface area contributed by atoms with Crippen LogP contribution in [0.3, 0.4) is 0 Å². The Kier molecular flexibility index (Phi) is 4.35. The zero-order chi connectivity index (χ0) is 8.85. The molecular formula is C10H16O. The van der Waals surface area contributed by atoms with Gasteiger partial charge in [0.2, 0.25) is 0 Å². The minimum absolute atomic E-state index is 0.345. The molecule has 0 saturated carbocycles. The monoisotopic (exact) mass is 152 g/mol. The molecule has 0 fully saturated rings. The molecule has 0 unspecified atom stereocenters. The lowest BCUT2D eigenvalue weighted by molar-refractivity contribution is 0.474. The van der Waals surface area contributed by atoms with E-state index in [4.69, 9.17) is 5.11 Å². The molecule has 0 aliphatic rings.